The van der Waals surface area contributed by atoms with Gasteiger partial charge in [0.05, 0.1) is 0 Å². The molecule has 0 aromatic heterocycles. The van der Waals surface area contributed by atoms with Gasteiger partial charge >= 0.3 is 0 Å². The predicted octanol–water partition coefficient (Wildman–Crippen LogP) is 0.250. The quantitative estimate of drug-likeness (QED) is 0.448. The third-order valence-corrected chi connectivity index (χ3v) is 0.862. The van der Waals surface area contributed by atoms with Crippen LogP contribution in [0.4, 0.5) is 0 Å². The summed E-state index contributed by atoms with van der Waals surface area (Å²) in [5.74, 6) is 0.481. The summed E-state index contributed by atoms with van der Waals surface area (Å²) in [6, 6.07) is 0. The van der Waals surface area contributed by atoms with Crippen molar-refractivity contribution in [3.63, 3.8) is 0 Å². The van der Waals surface area contributed by atoms with Crippen molar-refractivity contribution < 1.29 is 4.21 Å². The van der Waals surface area contributed by atoms with Crippen molar-refractivity contribution >= 4 is 10.6 Å². The zero-order chi connectivity index (χ0) is 4.28. The fourth-order valence-electron chi connectivity index (χ4n) is 0. The Labute approximate surface area is 33.2 Å². The fourth-order valence-corrected chi connectivity index (χ4v) is 0. The normalized spacial score (nSPS) is 14.6. The van der Waals surface area contributed by atoms with E-state index in [1.54, 1.807) is 6.92 Å². The Kier molecular flexibility index (Phi) is 2.18. The van der Waals surface area contributed by atoms with Gasteiger partial charge in [-0.3, -0.25) is 8.99 Å². The van der Waals surface area contributed by atoms with Gasteiger partial charge in [0.15, 0.2) is 0 Å². The second-order valence-electron chi connectivity index (χ2n) is 0.695. The van der Waals surface area contributed by atoms with Crippen LogP contribution in [0, 0.1) is 4.78 Å². The third kappa shape index (κ3) is 3.95. The Morgan fingerprint density at radius 2 is 2.20 bits per heavy atom. The Bertz CT molecular complexity index is 67.7. The summed E-state index contributed by atoms with van der Waals surface area (Å²) in [6.07, 6.45) is 0. The highest BCUT2D eigenvalue weighted by Gasteiger charge is 1.60. The van der Waals surface area contributed by atoms with Gasteiger partial charge in [-0.05, 0) is 0 Å². The number of nitrogens with one attached hydrogen (secondary N) is 1. The minimum absolute atomic E-state index is 0.481. The summed E-state index contributed by atoms with van der Waals surface area (Å²) < 4.78 is 16.0. The van der Waals surface area contributed by atoms with Crippen LogP contribution in [-0.2, 0) is 10.6 Å². The van der Waals surface area contributed by atoms with Gasteiger partial charge in [-0.1, -0.05) is 6.92 Å². The van der Waals surface area contributed by atoms with E-state index in [-0.39, 0.29) is 0 Å². The van der Waals surface area contributed by atoms with Crippen LogP contribution >= 0.6 is 0 Å². The van der Waals surface area contributed by atoms with Crippen molar-refractivity contribution in [2.45, 2.75) is 6.92 Å². The summed E-state index contributed by atoms with van der Waals surface area (Å²) in [5.41, 5.74) is 0. The molecule has 1 unspecified atom stereocenters. The lowest BCUT2D eigenvalue weighted by molar-refractivity contribution is 0.688. The maximum Gasteiger partial charge on any atom is 0.0327 e. The van der Waals surface area contributed by atoms with E-state index < -0.39 is 10.6 Å². The average Bonchev–Trinajstić information content (AvgIpc) is 1.38. The number of thiol groups is 1. The van der Waals surface area contributed by atoms with Gasteiger partial charge in [-0.25, -0.2) is 0 Å². The summed E-state index contributed by atoms with van der Waals surface area (Å²) in [4.78, 5) is 0. The van der Waals surface area contributed by atoms with Crippen LogP contribution in [0.5, 0.6) is 0 Å². The highest BCUT2D eigenvalue weighted by molar-refractivity contribution is 7.73. The molecule has 0 fully saturated rings. The second-order valence-corrected chi connectivity index (χ2v) is 2.08. The van der Waals surface area contributed by atoms with Crippen LogP contribution in [-0.4, -0.2) is 9.96 Å². The van der Waals surface area contributed by atoms with Crippen molar-refractivity contribution in [3.8, 4) is 0 Å². The molecule has 0 saturated heterocycles. The molecule has 5 heavy (non-hydrogen) atoms. The molecule has 0 amide bonds. The van der Waals surface area contributed by atoms with E-state index in [1.165, 1.54) is 0 Å². The smallest absolute Gasteiger partial charge is 0.0327 e. The van der Waals surface area contributed by atoms with E-state index >= 15 is 0 Å². The first kappa shape index (κ1) is 4.95. The van der Waals surface area contributed by atoms with Crippen molar-refractivity contribution in [2.75, 3.05) is 5.75 Å². The molecule has 0 rings (SSSR count). The molecule has 0 saturated carbocycles. The molecule has 1 N–H and O–H groups in total. The minimum Gasteiger partial charge on any atom is -0.255 e. The minimum atomic E-state index is -1.60. The van der Waals surface area contributed by atoms with E-state index in [1.807, 2.05) is 0 Å². The highest BCUT2D eigenvalue weighted by atomic mass is 32.2. The van der Waals surface area contributed by atoms with Crippen molar-refractivity contribution in [2.24, 2.45) is 0 Å². The zero-order valence-electron chi connectivity index (χ0n) is 3.06. The molecule has 2 nitrogen and oxygen atoms in total. The number of hydrogen-bond acceptors (Lipinski definition) is 2. The molecule has 0 bridgehead atoms. The molecule has 0 radical (unpaired) electrons. The van der Waals surface area contributed by atoms with Gasteiger partial charge in [-0.15, -0.1) is 0 Å². The number of hydrogen-bond donors (Lipinski definition) is 2. The van der Waals surface area contributed by atoms with Crippen LogP contribution in [0.3, 0.4) is 0 Å². The highest BCUT2D eigenvalue weighted by Crippen LogP contribution is 1.56. The van der Waals surface area contributed by atoms with Crippen LogP contribution in [0.15, 0.2) is 0 Å². The van der Waals surface area contributed by atoms with E-state index in [9.17, 15) is 4.21 Å². The summed E-state index contributed by atoms with van der Waals surface area (Å²) in [7, 11) is -1.60. The molecule has 32 valence electrons. The van der Waals surface area contributed by atoms with Crippen molar-refractivity contribution in [1.82, 2.24) is 0 Å². The first-order valence-electron chi connectivity index (χ1n) is 1.43. The van der Waals surface area contributed by atoms with Gasteiger partial charge in [0.25, 0.3) is 0 Å². The van der Waals surface area contributed by atoms with E-state index in [4.69, 9.17) is 4.78 Å². The average molecular weight is 93.2 g/mol. The lowest BCUT2D eigenvalue weighted by atomic mass is 11.0. The standard InChI is InChI=1S/C2H7NOS/c1-2-5(3)4/h3,5H,2H2,1H3. The first-order chi connectivity index (χ1) is 2.27. The molecular formula is C2H7NOS. The third-order valence-electron chi connectivity index (χ3n) is 0.287. The molecule has 0 aliphatic carbocycles. The van der Waals surface area contributed by atoms with E-state index in [2.05, 4.69) is 0 Å². The van der Waals surface area contributed by atoms with Gasteiger partial charge in [0.2, 0.25) is 0 Å². The van der Waals surface area contributed by atoms with Gasteiger partial charge in [-0.2, -0.15) is 0 Å². The van der Waals surface area contributed by atoms with Crippen LogP contribution in [0.2, 0.25) is 0 Å². The van der Waals surface area contributed by atoms with Gasteiger partial charge in [0, 0.05) is 16.3 Å². The number of rotatable bonds is 1. The molecule has 0 heterocycles. The first-order valence-corrected chi connectivity index (χ1v) is 2.87. The topological polar surface area (TPSA) is 40.9 Å². The van der Waals surface area contributed by atoms with Gasteiger partial charge < -0.3 is 0 Å². The van der Waals surface area contributed by atoms with E-state index in [0.29, 0.717) is 5.75 Å². The van der Waals surface area contributed by atoms with Crippen LogP contribution in [0.1, 0.15) is 6.92 Å². The van der Waals surface area contributed by atoms with Crippen molar-refractivity contribution in [1.29, 1.82) is 4.78 Å². The molecule has 0 spiro atoms. The lowest BCUT2D eigenvalue weighted by Crippen LogP contribution is -1.70. The molecule has 3 heteroatoms. The fraction of sp³-hybridized carbons (Fsp3) is 1.00. The second kappa shape index (κ2) is 2.20. The molecule has 0 aliphatic rings. The lowest BCUT2D eigenvalue weighted by Gasteiger charge is -1.64. The summed E-state index contributed by atoms with van der Waals surface area (Å²) in [5, 5.41) is 0. The molecule has 1 atom stereocenters. The summed E-state index contributed by atoms with van der Waals surface area (Å²) >= 11 is 0. The van der Waals surface area contributed by atoms with E-state index in [0.717, 1.165) is 0 Å². The Hall–Kier alpha value is -0.0500. The molecule has 0 aromatic rings. The largest absolute Gasteiger partial charge is 0.255 e. The molecular weight excluding hydrogens is 86.1 g/mol. The maximum atomic E-state index is 9.63. The van der Waals surface area contributed by atoms with Crippen LogP contribution in [0.25, 0.3) is 0 Å². The summed E-state index contributed by atoms with van der Waals surface area (Å²) in [6.45, 7) is 1.73. The Balaban J connectivity index is 3.23. The SMILES string of the molecule is CC[SH](=N)=O. The maximum absolute atomic E-state index is 9.63. The van der Waals surface area contributed by atoms with Gasteiger partial charge in [0.1, 0.15) is 0 Å². The van der Waals surface area contributed by atoms with Crippen molar-refractivity contribution in [3.05, 3.63) is 0 Å². The zero-order valence-corrected chi connectivity index (χ0v) is 3.96. The molecule has 0 aliphatic heterocycles. The van der Waals surface area contributed by atoms with Crippen LogP contribution < -0.4 is 0 Å². The molecule has 0 aromatic carbocycles. The Morgan fingerprint density at radius 1 is 2.00 bits per heavy atom. The monoisotopic (exact) mass is 93.0 g/mol. The predicted molar refractivity (Wildman–Crippen MR) is 22.8 cm³/mol. The Morgan fingerprint density at radius 3 is 2.20 bits per heavy atom.